The summed E-state index contributed by atoms with van der Waals surface area (Å²) in [4.78, 5) is 13.7. The molecule has 5 heteroatoms. The van der Waals surface area contributed by atoms with Crippen molar-refractivity contribution in [2.24, 2.45) is 5.92 Å². The molecule has 100 valence electrons. The van der Waals surface area contributed by atoms with Gasteiger partial charge in [-0.2, -0.15) is 5.10 Å². The summed E-state index contributed by atoms with van der Waals surface area (Å²) in [5.41, 5.74) is 0. The van der Waals surface area contributed by atoms with Crippen LogP contribution in [0.15, 0.2) is 18.5 Å². The number of methoxy groups -OCH3 is 1. The van der Waals surface area contributed by atoms with E-state index in [2.05, 4.69) is 10.00 Å². The lowest BCUT2D eigenvalue weighted by atomic mass is 9.96. The van der Waals surface area contributed by atoms with Crippen LogP contribution in [0.2, 0.25) is 0 Å². The second-order valence-electron chi connectivity index (χ2n) is 4.91. The first kappa shape index (κ1) is 13.1. The first-order valence-corrected chi connectivity index (χ1v) is 6.50. The summed E-state index contributed by atoms with van der Waals surface area (Å²) in [7, 11) is 1.45. The summed E-state index contributed by atoms with van der Waals surface area (Å²) in [5.74, 6) is 0.520. The molecule has 2 rings (SSSR count). The quantitative estimate of drug-likeness (QED) is 0.753. The molecule has 18 heavy (non-hydrogen) atoms. The first-order valence-electron chi connectivity index (χ1n) is 6.50. The summed E-state index contributed by atoms with van der Waals surface area (Å²) in [6.45, 7) is 4.82. The topological polar surface area (TPSA) is 47.4 Å². The normalized spacial score (nSPS) is 19.7. The Morgan fingerprint density at radius 3 is 2.78 bits per heavy atom. The smallest absolute Gasteiger partial charge is 0.322 e. The Morgan fingerprint density at radius 1 is 1.50 bits per heavy atom. The Balaban J connectivity index is 1.79. The van der Waals surface area contributed by atoms with Crippen LogP contribution in [0.1, 0.15) is 19.8 Å². The molecule has 1 aliphatic heterocycles. The second-order valence-corrected chi connectivity index (χ2v) is 4.91. The van der Waals surface area contributed by atoms with Gasteiger partial charge in [0.1, 0.15) is 6.04 Å². The molecule has 1 aromatic heterocycles. The van der Waals surface area contributed by atoms with E-state index in [0.29, 0.717) is 5.92 Å². The van der Waals surface area contributed by atoms with Crippen LogP contribution in [-0.4, -0.2) is 46.9 Å². The van der Waals surface area contributed by atoms with Crippen molar-refractivity contribution in [3.63, 3.8) is 0 Å². The second kappa shape index (κ2) is 6.00. The molecule has 0 spiro atoms. The van der Waals surface area contributed by atoms with Crippen LogP contribution >= 0.6 is 0 Å². The van der Waals surface area contributed by atoms with E-state index in [1.165, 1.54) is 7.11 Å². The number of piperidine rings is 1. The highest BCUT2D eigenvalue weighted by Crippen LogP contribution is 2.20. The van der Waals surface area contributed by atoms with E-state index in [1.54, 1.807) is 0 Å². The predicted molar refractivity (Wildman–Crippen MR) is 68.0 cm³/mol. The van der Waals surface area contributed by atoms with E-state index < -0.39 is 0 Å². The maximum atomic E-state index is 11.5. The Labute approximate surface area is 108 Å². The highest BCUT2D eigenvalue weighted by Gasteiger charge is 2.27. The summed E-state index contributed by atoms with van der Waals surface area (Å²) < 4.78 is 6.77. The lowest BCUT2D eigenvalue weighted by Crippen LogP contribution is -2.44. The third-order valence-electron chi connectivity index (χ3n) is 3.74. The third kappa shape index (κ3) is 3.10. The highest BCUT2D eigenvalue weighted by molar-refractivity contribution is 5.75. The number of likely N-dealkylation sites (tertiary alicyclic amines) is 1. The largest absolute Gasteiger partial charge is 0.468 e. The van der Waals surface area contributed by atoms with Crippen molar-refractivity contribution in [3.05, 3.63) is 18.5 Å². The molecule has 2 heterocycles. The third-order valence-corrected chi connectivity index (χ3v) is 3.74. The maximum Gasteiger partial charge on any atom is 0.322 e. The van der Waals surface area contributed by atoms with Crippen LogP contribution in [-0.2, 0) is 16.1 Å². The van der Waals surface area contributed by atoms with E-state index in [1.807, 2.05) is 30.1 Å². The number of esters is 1. The van der Waals surface area contributed by atoms with Gasteiger partial charge in [0.25, 0.3) is 0 Å². The Kier molecular flexibility index (Phi) is 4.36. The van der Waals surface area contributed by atoms with Gasteiger partial charge in [-0.05, 0) is 44.8 Å². The highest BCUT2D eigenvalue weighted by atomic mass is 16.5. The molecule has 1 fully saturated rings. The van der Waals surface area contributed by atoms with E-state index in [9.17, 15) is 4.79 Å². The molecule has 1 aromatic rings. The molecule has 0 radical (unpaired) electrons. The maximum absolute atomic E-state index is 11.5. The SMILES string of the molecule is COC(=O)C(C)N1CCC(Cn2cccn2)CC1. The molecule has 5 nitrogen and oxygen atoms in total. The zero-order valence-electron chi connectivity index (χ0n) is 11.1. The molecular weight excluding hydrogens is 230 g/mol. The molecule has 1 saturated heterocycles. The van der Waals surface area contributed by atoms with Gasteiger partial charge in [0.05, 0.1) is 7.11 Å². The molecule has 1 unspecified atom stereocenters. The fourth-order valence-corrected chi connectivity index (χ4v) is 2.52. The Morgan fingerprint density at radius 2 is 2.22 bits per heavy atom. The minimum Gasteiger partial charge on any atom is -0.468 e. The summed E-state index contributed by atoms with van der Waals surface area (Å²) >= 11 is 0. The van der Waals surface area contributed by atoms with Crippen molar-refractivity contribution >= 4 is 5.97 Å². The van der Waals surface area contributed by atoms with Crippen LogP contribution in [0.3, 0.4) is 0 Å². The van der Waals surface area contributed by atoms with Gasteiger partial charge in [0.15, 0.2) is 0 Å². The average Bonchev–Trinajstić information content (AvgIpc) is 2.91. The van der Waals surface area contributed by atoms with Gasteiger partial charge in [-0.1, -0.05) is 0 Å². The zero-order chi connectivity index (χ0) is 13.0. The predicted octanol–water partition coefficient (Wildman–Crippen LogP) is 1.16. The van der Waals surface area contributed by atoms with Crippen molar-refractivity contribution in [2.45, 2.75) is 32.4 Å². The van der Waals surface area contributed by atoms with Gasteiger partial charge in [0.2, 0.25) is 0 Å². The van der Waals surface area contributed by atoms with E-state index in [4.69, 9.17) is 4.74 Å². The van der Waals surface area contributed by atoms with E-state index in [-0.39, 0.29) is 12.0 Å². The zero-order valence-corrected chi connectivity index (χ0v) is 11.1. The molecule has 1 aliphatic rings. The van der Waals surface area contributed by atoms with Crippen molar-refractivity contribution in [3.8, 4) is 0 Å². The molecule has 0 aromatic carbocycles. The fraction of sp³-hybridized carbons (Fsp3) is 0.692. The number of aromatic nitrogens is 2. The minimum atomic E-state index is -0.138. The standard InChI is InChI=1S/C13H21N3O2/c1-11(13(17)18-2)15-8-4-12(5-9-15)10-16-7-3-6-14-16/h3,6-7,11-12H,4-5,8-10H2,1-2H3. The van der Waals surface area contributed by atoms with Crippen LogP contribution in [0.4, 0.5) is 0 Å². The number of rotatable bonds is 4. The molecule has 0 aliphatic carbocycles. The Bertz CT molecular complexity index is 370. The number of carbonyl (C=O) groups is 1. The molecule has 0 amide bonds. The van der Waals surface area contributed by atoms with Crippen LogP contribution in [0, 0.1) is 5.92 Å². The number of ether oxygens (including phenoxy) is 1. The number of hydrogen-bond acceptors (Lipinski definition) is 4. The Hall–Kier alpha value is -1.36. The van der Waals surface area contributed by atoms with Gasteiger partial charge in [-0.15, -0.1) is 0 Å². The van der Waals surface area contributed by atoms with Gasteiger partial charge >= 0.3 is 5.97 Å². The number of hydrogen-bond donors (Lipinski definition) is 0. The molecule has 1 atom stereocenters. The van der Waals surface area contributed by atoms with Crippen molar-refractivity contribution in [2.75, 3.05) is 20.2 Å². The molecule has 0 bridgehead atoms. The lowest BCUT2D eigenvalue weighted by Gasteiger charge is -2.34. The lowest BCUT2D eigenvalue weighted by molar-refractivity contribution is -0.146. The average molecular weight is 251 g/mol. The van der Waals surface area contributed by atoms with Crippen molar-refractivity contribution in [1.82, 2.24) is 14.7 Å². The fourth-order valence-electron chi connectivity index (χ4n) is 2.52. The number of carbonyl (C=O) groups excluding carboxylic acids is 1. The minimum absolute atomic E-state index is 0.124. The molecule has 0 N–H and O–H groups in total. The molecular formula is C13H21N3O2. The van der Waals surface area contributed by atoms with Gasteiger partial charge in [0, 0.05) is 18.9 Å². The molecule has 0 saturated carbocycles. The van der Waals surface area contributed by atoms with Crippen LogP contribution in [0.5, 0.6) is 0 Å². The van der Waals surface area contributed by atoms with Crippen molar-refractivity contribution in [1.29, 1.82) is 0 Å². The summed E-state index contributed by atoms with van der Waals surface area (Å²) in [5, 5.41) is 4.23. The van der Waals surface area contributed by atoms with Gasteiger partial charge < -0.3 is 4.74 Å². The van der Waals surface area contributed by atoms with Gasteiger partial charge in [-0.3, -0.25) is 14.4 Å². The van der Waals surface area contributed by atoms with Crippen molar-refractivity contribution < 1.29 is 9.53 Å². The van der Waals surface area contributed by atoms with Crippen LogP contribution in [0.25, 0.3) is 0 Å². The van der Waals surface area contributed by atoms with E-state index in [0.717, 1.165) is 32.5 Å². The monoisotopic (exact) mass is 251 g/mol. The summed E-state index contributed by atoms with van der Waals surface area (Å²) in [6.07, 6.45) is 6.04. The number of nitrogens with zero attached hydrogens (tertiary/aromatic N) is 3. The van der Waals surface area contributed by atoms with E-state index >= 15 is 0 Å². The first-order chi connectivity index (χ1) is 8.70. The van der Waals surface area contributed by atoms with Gasteiger partial charge in [-0.25, -0.2) is 0 Å². The summed E-state index contributed by atoms with van der Waals surface area (Å²) in [6, 6.07) is 1.83. The van der Waals surface area contributed by atoms with Crippen LogP contribution < -0.4 is 0 Å².